The lowest BCUT2D eigenvalue weighted by Crippen LogP contribution is -2.44. The number of carbonyl (C=O) groups excluding carboxylic acids is 3. The normalized spacial score (nSPS) is 11.5. The molecule has 0 saturated carbocycles. The number of urea groups is 1. The number of amides is 3. The van der Waals surface area contributed by atoms with Crippen LogP contribution in [-0.2, 0) is 20.7 Å². The predicted octanol–water partition coefficient (Wildman–Crippen LogP) is 3.05. The molecule has 144 valence electrons. The van der Waals surface area contributed by atoms with E-state index < -0.39 is 24.5 Å². The first kappa shape index (κ1) is 20.2. The van der Waals surface area contributed by atoms with Crippen LogP contribution >= 0.6 is 0 Å². The van der Waals surface area contributed by atoms with E-state index in [1.165, 1.54) is 0 Å². The van der Waals surface area contributed by atoms with Crippen molar-refractivity contribution in [1.29, 1.82) is 0 Å². The van der Waals surface area contributed by atoms with Gasteiger partial charge < -0.3 is 14.5 Å². The summed E-state index contributed by atoms with van der Waals surface area (Å²) in [4.78, 5) is 34.9. The molecule has 2 N–H and O–H groups in total. The van der Waals surface area contributed by atoms with Crippen LogP contribution in [0.25, 0.3) is 11.3 Å². The number of imide groups is 1. The average molecular weight is 372 g/mol. The molecule has 7 nitrogen and oxygen atoms in total. The molecule has 2 aromatic rings. The van der Waals surface area contributed by atoms with E-state index in [0.29, 0.717) is 12.2 Å². The van der Waals surface area contributed by atoms with Crippen molar-refractivity contribution in [2.24, 2.45) is 0 Å². The maximum atomic E-state index is 11.8. The van der Waals surface area contributed by atoms with Crippen molar-refractivity contribution in [3.8, 4) is 11.3 Å². The van der Waals surface area contributed by atoms with E-state index >= 15 is 0 Å². The van der Waals surface area contributed by atoms with Gasteiger partial charge in [0.2, 0.25) is 0 Å². The van der Waals surface area contributed by atoms with Crippen molar-refractivity contribution in [3.63, 3.8) is 0 Å². The highest BCUT2D eigenvalue weighted by atomic mass is 16.5. The van der Waals surface area contributed by atoms with Crippen molar-refractivity contribution < 1.29 is 23.5 Å². The molecule has 7 heteroatoms. The minimum Gasteiger partial charge on any atom is -0.461 e. The van der Waals surface area contributed by atoms with E-state index in [1.54, 1.807) is 0 Å². The number of rotatable bonds is 8. The van der Waals surface area contributed by atoms with Crippen LogP contribution in [-0.4, -0.2) is 30.6 Å². The van der Waals surface area contributed by atoms with Crippen LogP contribution < -0.4 is 10.6 Å². The Morgan fingerprint density at radius 1 is 1.11 bits per heavy atom. The third-order valence-corrected chi connectivity index (χ3v) is 3.90. The van der Waals surface area contributed by atoms with Gasteiger partial charge in [0.25, 0.3) is 5.91 Å². The van der Waals surface area contributed by atoms with Gasteiger partial charge >= 0.3 is 12.0 Å². The van der Waals surface area contributed by atoms with Crippen molar-refractivity contribution in [2.45, 2.75) is 39.2 Å². The molecule has 1 atom stereocenters. The van der Waals surface area contributed by atoms with E-state index in [9.17, 15) is 14.4 Å². The molecule has 0 aliphatic heterocycles. The standard InChI is InChI=1S/C20H24N2O5/c1-3-14(2)21-20(25)22-18(23)13-26-19(24)12-10-16-9-11-17(27-16)15-7-5-4-6-8-15/h4-9,11,14H,3,10,12-13H2,1-2H3,(H2,21,22,23,25)/t14-/m0/s1. The van der Waals surface area contributed by atoms with E-state index in [1.807, 2.05) is 56.3 Å². The molecule has 2 rings (SSSR count). The van der Waals surface area contributed by atoms with E-state index in [4.69, 9.17) is 9.15 Å². The number of ether oxygens (including phenoxy) is 1. The summed E-state index contributed by atoms with van der Waals surface area (Å²) in [5.41, 5.74) is 0.957. The molecule has 0 saturated heterocycles. The van der Waals surface area contributed by atoms with Gasteiger partial charge in [-0.15, -0.1) is 0 Å². The van der Waals surface area contributed by atoms with Crippen LogP contribution in [0.4, 0.5) is 4.79 Å². The number of hydrogen-bond donors (Lipinski definition) is 2. The van der Waals surface area contributed by atoms with Crippen molar-refractivity contribution >= 4 is 17.9 Å². The first-order valence-corrected chi connectivity index (χ1v) is 8.88. The van der Waals surface area contributed by atoms with Crippen LogP contribution in [0.2, 0.25) is 0 Å². The fourth-order valence-electron chi connectivity index (χ4n) is 2.24. The van der Waals surface area contributed by atoms with Gasteiger partial charge in [-0.2, -0.15) is 0 Å². The molecule has 0 spiro atoms. The Labute approximate surface area is 158 Å². The number of hydrogen-bond acceptors (Lipinski definition) is 5. The summed E-state index contributed by atoms with van der Waals surface area (Å²) in [7, 11) is 0. The van der Waals surface area contributed by atoms with Gasteiger partial charge in [0.1, 0.15) is 11.5 Å². The highest BCUT2D eigenvalue weighted by Crippen LogP contribution is 2.22. The molecule has 3 amide bonds. The average Bonchev–Trinajstić information content (AvgIpc) is 3.14. The minimum absolute atomic E-state index is 0.0468. The Morgan fingerprint density at radius 3 is 2.56 bits per heavy atom. The van der Waals surface area contributed by atoms with Gasteiger partial charge in [0.05, 0.1) is 6.42 Å². The summed E-state index contributed by atoms with van der Waals surface area (Å²) in [5.74, 6) is 0.174. The molecule has 0 radical (unpaired) electrons. The molecule has 0 fully saturated rings. The summed E-state index contributed by atoms with van der Waals surface area (Å²) in [6.45, 7) is 3.23. The van der Waals surface area contributed by atoms with Gasteiger partial charge in [-0.3, -0.25) is 14.9 Å². The van der Waals surface area contributed by atoms with Crippen molar-refractivity contribution in [3.05, 3.63) is 48.2 Å². The SMILES string of the molecule is CC[C@H](C)NC(=O)NC(=O)COC(=O)CCc1ccc(-c2ccccc2)o1. The summed E-state index contributed by atoms with van der Waals surface area (Å²) in [6.07, 6.45) is 1.19. The minimum atomic E-state index is -0.673. The van der Waals surface area contributed by atoms with Gasteiger partial charge in [0, 0.05) is 18.0 Å². The number of benzene rings is 1. The van der Waals surface area contributed by atoms with E-state index in [2.05, 4.69) is 10.6 Å². The second-order valence-corrected chi connectivity index (χ2v) is 6.12. The smallest absolute Gasteiger partial charge is 0.321 e. The maximum Gasteiger partial charge on any atom is 0.321 e. The zero-order valence-electron chi connectivity index (χ0n) is 15.5. The molecule has 0 bridgehead atoms. The fraction of sp³-hybridized carbons (Fsp3) is 0.350. The molecule has 0 aliphatic rings. The lowest BCUT2D eigenvalue weighted by atomic mass is 10.2. The van der Waals surface area contributed by atoms with Gasteiger partial charge in [-0.25, -0.2) is 4.79 Å². The lowest BCUT2D eigenvalue weighted by molar-refractivity contribution is -0.148. The lowest BCUT2D eigenvalue weighted by Gasteiger charge is -2.11. The topological polar surface area (TPSA) is 97.6 Å². The van der Waals surface area contributed by atoms with Gasteiger partial charge in [-0.1, -0.05) is 37.3 Å². The first-order chi connectivity index (χ1) is 13.0. The zero-order valence-corrected chi connectivity index (χ0v) is 15.5. The van der Waals surface area contributed by atoms with Gasteiger partial charge in [-0.05, 0) is 25.5 Å². The Kier molecular flexibility index (Phi) is 7.61. The van der Waals surface area contributed by atoms with Crippen LogP contribution in [0.5, 0.6) is 0 Å². The number of furan rings is 1. The Balaban J connectivity index is 1.70. The molecular weight excluding hydrogens is 348 g/mol. The highest BCUT2D eigenvalue weighted by molar-refractivity contribution is 5.95. The molecule has 27 heavy (non-hydrogen) atoms. The number of aryl methyl sites for hydroxylation is 1. The molecule has 1 aromatic carbocycles. The monoisotopic (exact) mass is 372 g/mol. The molecule has 1 aromatic heterocycles. The van der Waals surface area contributed by atoms with Gasteiger partial charge in [0.15, 0.2) is 6.61 Å². The third kappa shape index (κ3) is 6.97. The summed E-state index contributed by atoms with van der Waals surface area (Å²) >= 11 is 0. The second kappa shape index (κ2) is 10.2. The van der Waals surface area contributed by atoms with Crippen LogP contribution in [0.3, 0.4) is 0 Å². The number of nitrogens with one attached hydrogen (secondary N) is 2. The third-order valence-electron chi connectivity index (χ3n) is 3.90. The summed E-state index contributed by atoms with van der Waals surface area (Å²) in [6, 6.07) is 12.6. The number of carbonyl (C=O) groups is 3. The zero-order chi connectivity index (χ0) is 19.6. The van der Waals surface area contributed by atoms with E-state index in [0.717, 1.165) is 17.7 Å². The Morgan fingerprint density at radius 2 is 1.85 bits per heavy atom. The van der Waals surface area contributed by atoms with E-state index in [-0.39, 0.29) is 12.5 Å². The number of esters is 1. The fourth-order valence-corrected chi connectivity index (χ4v) is 2.24. The highest BCUT2D eigenvalue weighted by Gasteiger charge is 2.13. The first-order valence-electron chi connectivity index (χ1n) is 8.88. The second-order valence-electron chi connectivity index (χ2n) is 6.12. The van der Waals surface area contributed by atoms with Crippen LogP contribution in [0.15, 0.2) is 46.9 Å². The van der Waals surface area contributed by atoms with Crippen LogP contribution in [0, 0.1) is 0 Å². The Hall–Kier alpha value is -3.09. The summed E-state index contributed by atoms with van der Waals surface area (Å²) < 4.78 is 10.6. The molecule has 0 unspecified atom stereocenters. The quantitative estimate of drug-likeness (QED) is 0.694. The molecular formula is C20H24N2O5. The largest absolute Gasteiger partial charge is 0.461 e. The van der Waals surface area contributed by atoms with Crippen LogP contribution in [0.1, 0.15) is 32.4 Å². The molecule has 1 heterocycles. The predicted molar refractivity (Wildman–Crippen MR) is 99.9 cm³/mol. The maximum absolute atomic E-state index is 11.8. The van der Waals surface area contributed by atoms with Crippen molar-refractivity contribution in [1.82, 2.24) is 10.6 Å². The molecule has 0 aliphatic carbocycles. The summed E-state index contributed by atoms with van der Waals surface area (Å²) in [5, 5.41) is 4.70. The van der Waals surface area contributed by atoms with Crippen molar-refractivity contribution in [2.75, 3.05) is 6.61 Å². The Bertz CT molecular complexity index is 770.